The van der Waals surface area contributed by atoms with Gasteiger partial charge in [0, 0.05) is 6.42 Å². The zero-order valence-electron chi connectivity index (χ0n) is 7.97. The first-order chi connectivity index (χ1) is 6.37. The fourth-order valence-corrected chi connectivity index (χ4v) is 3.16. The molecular formula is C7H12ClNO4S2. The lowest BCUT2D eigenvalue weighted by Crippen LogP contribution is -2.17. The van der Waals surface area contributed by atoms with Crippen LogP contribution in [0.3, 0.4) is 0 Å². The number of H-pyrrole nitrogens is 1. The summed E-state index contributed by atoms with van der Waals surface area (Å²) in [7, 11) is -3.88. The fraction of sp³-hybridized carbons (Fsp3) is 0.571. The molecule has 5 nitrogen and oxygen atoms in total. The van der Waals surface area contributed by atoms with Crippen molar-refractivity contribution in [1.82, 2.24) is 0 Å². The number of thiazole rings is 1. The quantitative estimate of drug-likeness (QED) is 0.831. The summed E-state index contributed by atoms with van der Waals surface area (Å²) in [5.41, 5.74) is 0. The maximum Gasteiger partial charge on any atom is 0.265 e. The highest BCUT2D eigenvalue weighted by molar-refractivity contribution is 7.85. The van der Waals surface area contributed by atoms with E-state index in [1.807, 2.05) is 0 Å². The van der Waals surface area contributed by atoms with E-state index in [0.29, 0.717) is 10.8 Å². The molecule has 3 N–H and O–H groups in total. The van der Waals surface area contributed by atoms with Gasteiger partial charge in [-0.2, -0.15) is 8.42 Å². The van der Waals surface area contributed by atoms with Gasteiger partial charge < -0.3 is 5.48 Å². The van der Waals surface area contributed by atoms with E-state index in [9.17, 15) is 8.42 Å². The summed E-state index contributed by atoms with van der Waals surface area (Å²) in [5, 5.41) is 0.908. The minimum absolute atomic E-state index is 0. The molecule has 15 heavy (non-hydrogen) atoms. The van der Waals surface area contributed by atoms with Gasteiger partial charge in [-0.25, -0.2) is 4.98 Å². The Morgan fingerprint density at radius 1 is 1.67 bits per heavy atom. The molecule has 0 amide bonds. The third-order valence-electron chi connectivity index (χ3n) is 1.60. The zero-order valence-corrected chi connectivity index (χ0v) is 10.4. The molecule has 88 valence electrons. The maximum absolute atomic E-state index is 10.6. The second-order valence-corrected chi connectivity index (χ2v) is 6.44. The molecule has 0 aliphatic carbocycles. The molecule has 1 aromatic rings. The third kappa shape index (κ3) is 6.06. The number of aromatic nitrogens is 1. The second kappa shape index (κ2) is 5.76. The molecule has 0 aromatic carbocycles. The standard InChI is InChI=1S/C7H10ClNO3S2.H2O/c1-5(4-14(10,11)12)2-7-9-3-6(8)13-7;/h3,5H,2,4H2,1H3,(H,10,11,12);1H2. The SMILES string of the molecule is CC(Cc1[nH+]cc(Cl)s1)CS(=O)(=O)O.[OH-]. The van der Waals surface area contributed by atoms with Gasteiger partial charge >= 0.3 is 0 Å². The van der Waals surface area contributed by atoms with Crippen LogP contribution in [-0.4, -0.2) is 24.2 Å². The first-order valence-corrected chi connectivity index (χ1v) is 6.78. The Kier molecular flexibility index (Phi) is 5.68. The number of aromatic amines is 1. The molecule has 1 aromatic heterocycles. The summed E-state index contributed by atoms with van der Waals surface area (Å²) >= 11 is 7.07. The van der Waals surface area contributed by atoms with Crippen LogP contribution in [0.2, 0.25) is 4.34 Å². The molecule has 0 radical (unpaired) electrons. The number of nitrogens with one attached hydrogen (secondary N) is 1. The van der Waals surface area contributed by atoms with Crippen molar-refractivity contribution in [3.05, 3.63) is 15.5 Å². The highest BCUT2D eigenvalue weighted by Gasteiger charge is 2.17. The van der Waals surface area contributed by atoms with Crippen molar-refractivity contribution < 1.29 is 23.4 Å². The molecule has 0 aliphatic rings. The van der Waals surface area contributed by atoms with Crippen LogP contribution in [0, 0.1) is 5.92 Å². The largest absolute Gasteiger partial charge is 0.870 e. The lowest BCUT2D eigenvalue weighted by atomic mass is 10.1. The molecule has 1 rings (SSSR count). The van der Waals surface area contributed by atoms with Crippen molar-refractivity contribution in [2.24, 2.45) is 5.92 Å². The molecule has 0 saturated carbocycles. The Labute approximate surface area is 97.2 Å². The van der Waals surface area contributed by atoms with E-state index in [1.165, 1.54) is 11.3 Å². The topological polar surface area (TPSA) is 98.5 Å². The van der Waals surface area contributed by atoms with E-state index in [4.69, 9.17) is 16.2 Å². The second-order valence-electron chi connectivity index (χ2n) is 3.18. The van der Waals surface area contributed by atoms with Crippen LogP contribution in [0.5, 0.6) is 0 Å². The fourth-order valence-electron chi connectivity index (χ4n) is 1.15. The molecule has 8 heteroatoms. The lowest BCUT2D eigenvalue weighted by molar-refractivity contribution is -0.382. The van der Waals surface area contributed by atoms with E-state index < -0.39 is 10.1 Å². The van der Waals surface area contributed by atoms with Gasteiger partial charge in [0.15, 0.2) is 10.5 Å². The number of hydrogen-bond acceptors (Lipinski definition) is 4. The van der Waals surface area contributed by atoms with Crippen LogP contribution in [0.4, 0.5) is 0 Å². The highest BCUT2D eigenvalue weighted by atomic mass is 35.5. The minimum atomic E-state index is -3.88. The van der Waals surface area contributed by atoms with Crippen LogP contribution < -0.4 is 4.98 Å². The Morgan fingerprint density at radius 2 is 2.27 bits per heavy atom. The summed E-state index contributed by atoms with van der Waals surface area (Å²) in [4.78, 5) is 2.93. The van der Waals surface area contributed by atoms with Crippen LogP contribution in [0.25, 0.3) is 0 Å². The lowest BCUT2D eigenvalue weighted by Gasteiger charge is -2.03. The Hall–Kier alpha value is -0.210. The molecule has 1 heterocycles. The van der Waals surface area contributed by atoms with Gasteiger partial charge in [-0.3, -0.25) is 4.55 Å². The van der Waals surface area contributed by atoms with Crippen LogP contribution in [0.15, 0.2) is 6.20 Å². The number of rotatable bonds is 4. The zero-order chi connectivity index (χ0) is 10.8. The molecule has 0 bridgehead atoms. The molecule has 0 aliphatic heterocycles. The summed E-state index contributed by atoms with van der Waals surface area (Å²) in [6, 6.07) is 0. The summed E-state index contributed by atoms with van der Waals surface area (Å²) in [5.74, 6) is -0.355. The minimum Gasteiger partial charge on any atom is -0.870 e. The molecule has 0 spiro atoms. The van der Waals surface area contributed by atoms with E-state index in [-0.39, 0.29) is 17.1 Å². The highest BCUT2D eigenvalue weighted by Crippen LogP contribution is 2.18. The van der Waals surface area contributed by atoms with Crippen LogP contribution in [0.1, 0.15) is 11.9 Å². The van der Waals surface area contributed by atoms with Gasteiger partial charge in [0.25, 0.3) is 10.1 Å². The van der Waals surface area contributed by atoms with Crippen molar-refractivity contribution >= 4 is 33.1 Å². The molecule has 0 fully saturated rings. The van der Waals surface area contributed by atoms with E-state index in [2.05, 4.69) is 4.98 Å². The predicted molar refractivity (Wildman–Crippen MR) is 57.1 cm³/mol. The van der Waals surface area contributed by atoms with Crippen LogP contribution in [-0.2, 0) is 16.5 Å². The van der Waals surface area contributed by atoms with Gasteiger partial charge in [0.1, 0.15) is 0 Å². The molecule has 1 atom stereocenters. The Bertz CT molecular complexity index is 403. The van der Waals surface area contributed by atoms with E-state index >= 15 is 0 Å². The van der Waals surface area contributed by atoms with Gasteiger partial charge in [-0.05, 0) is 5.92 Å². The predicted octanol–water partition coefficient (Wildman–Crippen LogP) is 1.11. The third-order valence-corrected chi connectivity index (χ3v) is 3.77. The normalized spacial score (nSPS) is 13.3. The average Bonchev–Trinajstić information content (AvgIpc) is 2.30. The smallest absolute Gasteiger partial charge is 0.265 e. The summed E-state index contributed by atoms with van der Waals surface area (Å²) in [6.07, 6.45) is 2.22. The van der Waals surface area contributed by atoms with Gasteiger partial charge in [0.2, 0.25) is 5.01 Å². The van der Waals surface area contributed by atoms with Crippen molar-refractivity contribution in [1.29, 1.82) is 0 Å². The number of hydrogen-bond donors (Lipinski definition) is 1. The average molecular weight is 274 g/mol. The molecular weight excluding hydrogens is 262 g/mol. The van der Waals surface area contributed by atoms with Crippen LogP contribution >= 0.6 is 22.9 Å². The van der Waals surface area contributed by atoms with Crippen molar-refractivity contribution in [3.8, 4) is 0 Å². The van der Waals surface area contributed by atoms with Gasteiger partial charge in [-0.1, -0.05) is 29.9 Å². The monoisotopic (exact) mass is 273 g/mol. The van der Waals surface area contributed by atoms with Gasteiger partial charge in [0.05, 0.1) is 5.75 Å². The van der Waals surface area contributed by atoms with Gasteiger partial charge in [-0.15, -0.1) is 0 Å². The summed E-state index contributed by atoms with van der Waals surface area (Å²) in [6.45, 7) is 1.76. The Morgan fingerprint density at radius 3 is 2.67 bits per heavy atom. The Balaban J connectivity index is 0.00000196. The first-order valence-electron chi connectivity index (χ1n) is 3.98. The van der Waals surface area contributed by atoms with E-state index in [0.717, 1.165) is 5.01 Å². The number of halogens is 1. The van der Waals surface area contributed by atoms with E-state index in [1.54, 1.807) is 13.1 Å². The van der Waals surface area contributed by atoms with Crippen molar-refractivity contribution in [2.45, 2.75) is 13.3 Å². The first kappa shape index (κ1) is 14.8. The molecule has 0 saturated heterocycles. The van der Waals surface area contributed by atoms with Crippen molar-refractivity contribution in [2.75, 3.05) is 5.75 Å². The maximum atomic E-state index is 10.6. The van der Waals surface area contributed by atoms with Crippen molar-refractivity contribution in [3.63, 3.8) is 0 Å². The molecule has 1 unspecified atom stereocenters. The summed E-state index contributed by atoms with van der Waals surface area (Å²) < 4.78 is 30.4.